The van der Waals surface area contributed by atoms with Crippen LogP contribution in [-0.2, 0) is 11.3 Å². The Morgan fingerprint density at radius 3 is 2.80 bits per heavy atom. The van der Waals surface area contributed by atoms with Gasteiger partial charge in [-0.1, -0.05) is 26.0 Å². The number of nitrogens with one attached hydrogen (secondary N) is 1. The Labute approximate surface area is 122 Å². The number of amides is 1. The van der Waals surface area contributed by atoms with Crippen LogP contribution in [0.5, 0.6) is 5.75 Å². The van der Waals surface area contributed by atoms with Gasteiger partial charge in [-0.3, -0.25) is 4.79 Å². The van der Waals surface area contributed by atoms with E-state index in [0.717, 1.165) is 24.3 Å². The summed E-state index contributed by atoms with van der Waals surface area (Å²) in [5.74, 6) is 1.00. The van der Waals surface area contributed by atoms with Crippen LogP contribution in [0.2, 0.25) is 0 Å². The summed E-state index contributed by atoms with van der Waals surface area (Å²) in [7, 11) is 3.49. The van der Waals surface area contributed by atoms with Crippen molar-refractivity contribution in [3.8, 4) is 5.75 Å². The maximum atomic E-state index is 12.0. The van der Waals surface area contributed by atoms with E-state index in [2.05, 4.69) is 19.2 Å². The molecule has 1 rings (SSSR count). The molecule has 1 aromatic carbocycles. The van der Waals surface area contributed by atoms with Crippen molar-refractivity contribution in [2.45, 2.75) is 39.3 Å². The molecular weight excluding hydrogens is 252 g/mol. The summed E-state index contributed by atoms with van der Waals surface area (Å²) < 4.78 is 5.19. The smallest absolute Gasteiger partial charge is 0.222 e. The Hall–Kier alpha value is -1.55. The van der Waals surface area contributed by atoms with Gasteiger partial charge in [-0.2, -0.15) is 0 Å². The maximum Gasteiger partial charge on any atom is 0.222 e. The number of ether oxygens (including phenoxy) is 1. The van der Waals surface area contributed by atoms with Gasteiger partial charge in [0.05, 0.1) is 7.11 Å². The number of rotatable bonds is 8. The maximum absolute atomic E-state index is 12.0. The van der Waals surface area contributed by atoms with Gasteiger partial charge in [-0.05, 0) is 30.7 Å². The van der Waals surface area contributed by atoms with Crippen LogP contribution in [-0.4, -0.2) is 37.6 Å². The van der Waals surface area contributed by atoms with Gasteiger partial charge in [-0.15, -0.1) is 0 Å². The lowest BCUT2D eigenvalue weighted by Gasteiger charge is -2.18. The topological polar surface area (TPSA) is 41.6 Å². The molecule has 0 aliphatic heterocycles. The van der Waals surface area contributed by atoms with E-state index in [9.17, 15) is 4.79 Å². The summed E-state index contributed by atoms with van der Waals surface area (Å²) in [6.45, 7) is 5.72. The average Bonchev–Trinajstić information content (AvgIpc) is 2.43. The third kappa shape index (κ3) is 6.06. The molecule has 1 amide bonds. The second-order valence-electron chi connectivity index (χ2n) is 5.31. The highest BCUT2D eigenvalue weighted by Crippen LogP contribution is 2.14. The van der Waals surface area contributed by atoms with Crippen molar-refractivity contribution < 1.29 is 9.53 Å². The predicted molar refractivity (Wildman–Crippen MR) is 81.8 cm³/mol. The third-order valence-electron chi connectivity index (χ3n) is 3.10. The van der Waals surface area contributed by atoms with E-state index in [1.165, 1.54) is 0 Å². The van der Waals surface area contributed by atoms with Crippen LogP contribution < -0.4 is 10.1 Å². The highest BCUT2D eigenvalue weighted by atomic mass is 16.5. The van der Waals surface area contributed by atoms with Crippen LogP contribution in [0.3, 0.4) is 0 Å². The SMILES string of the molecule is COc1cccc(CN(C)C(=O)CCCNC(C)C)c1. The Kier molecular flexibility index (Phi) is 7.09. The molecule has 1 aromatic rings. The van der Waals surface area contributed by atoms with Crippen molar-refractivity contribution in [3.63, 3.8) is 0 Å². The third-order valence-corrected chi connectivity index (χ3v) is 3.10. The van der Waals surface area contributed by atoms with Crippen LogP contribution in [0.4, 0.5) is 0 Å². The monoisotopic (exact) mass is 278 g/mol. The van der Waals surface area contributed by atoms with Crippen LogP contribution in [0.25, 0.3) is 0 Å². The van der Waals surface area contributed by atoms with Gasteiger partial charge in [0.15, 0.2) is 0 Å². The summed E-state index contributed by atoms with van der Waals surface area (Å²) in [5, 5.41) is 3.32. The first-order valence-electron chi connectivity index (χ1n) is 7.13. The van der Waals surface area contributed by atoms with Gasteiger partial charge in [0, 0.05) is 26.1 Å². The van der Waals surface area contributed by atoms with E-state index in [4.69, 9.17) is 4.74 Å². The molecule has 0 aromatic heterocycles. The highest BCUT2D eigenvalue weighted by molar-refractivity contribution is 5.75. The molecule has 0 saturated carbocycles. The molecule has 0 aliphatic rings. The van der Waals surface area contributed by atoms with Crippen molar-refractivity contribution in [2.24, 2.45) is 0 Å². The van der Waals surface area contributed by atoms with Crippen LogP contribution in [0.1, 0.15) is 32.3 Å². The number of nitrogens with zero attached hydrogens (tertiary/aromatic N) is 1. The Bertz CT molecular complexity index is 419. The number of hydrogen-bond acceptors (Lipinski definition) is 3. The molecule has 0 unspecified atom stereocenters. The molecule has 4 heteroatoms. The fourth-order valence-electron chi connectivity index (χ4n) is 1.95. The Morgan fingerprint density at radius 1 is 1.40 bits per heavy atom. The van der Waals surface area contributed by atoms with E-state index in [0.29, 0.717) is 19.0 Å². The molecule has 20 heavy (non-hydrogen) atoms. The van der Waals surface area contributed by atoms with Gasteiger partial charge in [0.25, 0.3) is 0 Å². The summed E-state index contributed by atoms with van der Waals surface area (Å²) in [4.78, 5) is 13.8. The number of benzene rings is 1. The predicted octanol–water partition coefficient (Wildman–Crippen LogP) is 2.43. The minimum absolute atomic E-state index is 0.179. The van der Waals surface area contributed by atoms with E-state index in [1.807, 2.05) is 31.3 Å². The lowest BCUT2D eigenvalue weighted by Crippen LogP contribution is -2.28. The largest absolute Gasteiger partial charge is 0.497 e. The van der Waals surface area contributed by atoms with E-state index < -0.39 is 0 Å². The van der Waals surface area contributed by atoms with E-state index in [-0.39, 0.29) is 5.91 Å². The fraction of sp³-hybridized carbons (Fsp3) is 0.562. The number of hydrogen-bond donors (Lipinski definition) is 1. The van der Waals surface area contributed by atoms with Crippen LogP contribution >= 0.6 is 0 Å². The summed E-state index contributed by atoms with van der Waals surface area (Å²) in [6.07, 6.45) is 1.46. The first kappa shape index (κ1) is 16.5. The molecule has 0 atom stereocenters. The van der Waals surface area contributed by atoms with Gasteiger partial charge in [-0.25, -0.2) is 0 Å². The zero-order valence-corrected chi connectivity index (χ0v) is 13.0. The molecule has 0 spiro atoms. The average molecular weight is 278 g/mol. The number of methoxy groups -OCH3 is 1. The van der Waals surface area contributed by atoms with E-state index >= 15 is 0 Å². The standard InChI is InChI=1S/C16H26N2O2/c1-13(2)17-10-6-9-16(19)18(3)12-14-7-5-8-15(11-14)20-4/h5,7-8,11,13,17H,6,9-10,12H2,1-4H3. The molecule has 0 aliphatic carbocycles. The van der Waals surface area contributed by atoms with Gasteiger partial charge < -0.3 is 15.0 Å². The summed E-state index contributed by atoms with van der Waals surface area (Å²) >= 11 is 0. The fourth-order valence-corrected chi connectivity index (χ4v) is 1.95. The molecule has 0 heterocycles. The Morgan fingerprint density at radius 2 is 2.15 bits per heavy atom. The van der Waals surface area contributed by atoms with Crippen molar-refractivity contribution in [1.82, 2.24) is 10.2 Å². The van der Waals surface area contributed by atoms with E-state index in [1.54, 1.807) is 12.0 Å². The first-order chi connectivity index (χ1) is 9.52. The van der Waals surface area contributed by atoms with Gasteiger partial charge in [0.2, 0.25) is 5.91 Å². The molecule has 4 nitrogen and oxygen atoms in total. The molecule has 112 valence electrons. The zero-order valence-electron chi connectivity index (χ0n) is 13.0. The second kappa shape index (κ2) is 8.59. The van der Waals surface area contributed by atoms with Crippen molar-refractivity contribution in [3.05, 3.63) is 29.8 Å². The molecule has 0 saturated heterocycles. The van der Waals surface area contributed by atoms with Crippen LogP contribution in [0, 0.1) is 0 Å². The highest BCUT2D eigenvalue weighted by Gasteiger charge is 2.09. The lowest BCUT2D eigenvalue weighted by atomic mass is 10.2. The summed E-state index contributed by atoms with van der Waals surface area (Å²) in [5.41, 5.74) is 1.08. The van der Waals surface area contributed by atoms with Crippen molar-refractivity contribution >= 4 is 5.91 Å². The van der Waals surface area contributed by atoms with Crippen molar-refractivity contribution in [1.29, 1.82) is 0 Å². The summed E-state index contributed by atoms with van der Waals surface area (Å²) in [6, 6.07) is 8.29. The molecule has 1 N–H and O–H groups in total. The van der Waals surface area contributed by atoms with Gasteiger partial charge in [0.1, 0.15) is 5.75 Å². The molecular formula is C16H26N2O2. The number of carbonyl (C=O) groups is 1. The second-order valence-corrected chi connectivity index (χ2v) is 5.31. The lowest BCUT2D eigenvalue weighted by molar-refractivity contribution is -0.130. The normalized spacial score (nSPS) is 10.7. The first-order valence-corrected chi connectivity index (χ1v) is 7.13. The van der Waals surface area contributed by atoms with Gasteiger partial charge >= 0.3 is 0 Å². The number of carbonyl (C=O) groups excluding carboxylic acids is 1. The zero-order chi connectivity index (χ0) is 15.0. The molecule has 0 radical (unpaired) electrons. The Balaban J connectivity index is 2.37. The van der Waals surface area contributed by atoms with Crippen LogP contribution in [0.15, 0.2) is 24.3 Å². The minimum atomic E-state index is 0.179. The molecule has 0 fully saturated rings. The minimum Gasteiger partial charge on any atom is -0.497 e. The molecule has 0 bridgehead atoms. The van der Waals surface area contributed by atoms with Crippen molar-refractivity contribution in [2.75, 3.05) is 20.7 Å². The quantitative estimate of drug-likeness (QED) is 0.743.